The Balaban J connectivity index is 2.31. The SMILES string of the molecule is COc1ccc(C(O)c2csc(C(C)(C)C)n2)c(C)c1. The van der Waals surface area contributed by atoms with E-state index in [0.717, 1.165) is 21.9 Å². The molecule has 4 heteroatoms. The molecule has 2 rings (SSSR count). The Morgan fingerprint density at radius 2 is 2.00 bits per heavy atom. The van der Waals surface area contributed by atoms with Gasteiger partial charge < -0.3 is 9.84 Å². The number of aromatic nitrogens is 1. The highest BCUT2D eigenvalue weighted by molar-refractivity contribution is 7.09. The number of rotatable bonds is 3. The molecule has 1 unspecified atom stereocenters. The first kappa shape index (κ1) is 15.0. The maximum atomic E-state index is 10.5. The van der Waals surface area contributed by atoms with Gasteiger partial charge >= 0.3 is 0 Å². The first-order valence-corrected chi connectivity index (χ1v) is 7.49. The number of hydrogen-bond donors (Lipinski definition) is 1. The van der Waals surface area contributed by atoms with Crippen molar-refractivity contribution in [1.29, 1.82) is 0 Å². The third-order valence-electron chi connectivity index (χ3n) is 3.22. The van der Waals surface area contributed by atoms with Crippen LogP contribution in [0, 0.1) is 6.92 Å². The highest BCUT2D eigenvalue weighted by Gasteiger charge is 2.22. The Labute approximate surface area is 124 Å². The van der Waals surface area contributed by atoms with E-state index in [4.69, 9.17) is 4.74 Å². The van der Waals surface area contributed by atoms with Gasteiger partial charge in [0.25, 0.3) is 0 Å². The standard InChI is InChI=1S/C16H21NO2S/c1-10-8-11(19-5)6-7-12(10)14(18)13-9-20-15(17-13)16(2,3)4/h6-9,14,18H,1-5H3. The molecule has 108 valence electrons. The zero-order valence-electron chi connectivity index (χ0n) is 12.6. The minimum absolute atomic E-state index is 0.0115. The largest absolute Gasteiger partial charge is 0.497 e. The topological polar surface area (TPSA) is 42.4 Å². The van der Waals surface area contributed by atoms with Crippen LogP contribution in [0.2, 0.25) is 0 Å². The number of methoxy groups -OCH3 is 1. The Hall–Kier alpha value is -1.39. The van der Waals surface area contributed by atoms with E-state index in [-0.39, 0.29) is 5.41 Å². The minimum atomic E-state index is -0.687. The van der Waals surface area contributed by atoms with Crippen LogP contribution in [0.15, 0.2) is 23.6 Å². The van der Waals surface area contributed by atoms with Gasteiger partial charge in [0.15, 0.2) is 0 Å². The van der Waals surface area contributed by atoms with E-state index in [0.29, 0.717) is 5.69 Å². The van der Waals surface area contributed by atoms with Gasteiger partial charge in [-0.15, -0.1) is 11.3 Å². The lowest BCUT2D eigenvalue weighted by Crippen LogP contribution is -2.11. The average molecular weight is 291 g/mol. The fourth-order valence-electron chi connectivity index (χ4n) is 2.00. The smallest absolute Gasteiger partial charge is 0.122 e. The van der Waals surface area contributed by atoms with E-state index in [1.807, 2.05) is 30.5 Å². The molecule has 2 aromatic rings. The molecule has 0 spiro atoms. The molecule has 0 fully saturated rings. The summed E-state index contributed by atoms with van der Waals surface area (Å²) < 4.78 is 5.19. The number of nitrogens with zero attached hydrogens (tertiary/aromatic N) is 1. The van der Waals surface area contributed by atoms with E-state index in [1.165, 1.54) is 0 Å². The van der Waals surface area contributed by atoms with Gasteiger partial charge in [-0.1, -0.05) is 26.8 Å². The molecule has 20 heavy (non-hydrogen) atoms. The molecule has 1 N–H and O–H groups in total. The summed E-state index contributed by atoms with van der Waals surface area (Å²) in [5.74, 6) is 0.798. The predicted octanol–water partition coefficient (Wildman–Crippen LogP) is 3.84. The first-order chi connectivity index (χ1) is 9.32. The van der Waals surface area contributed by atoms with Gasteiger partial charge in [-0.2, -0.15) is 0 Å². The molecular formula is C16H21NO2S. The highest BCUT2D eigenvalue weighted by Crippen LogP contribution is 2.31. The molecule has 1 aromatic heterocycles. The fraction of sp³-hybridized carbons (Fsp3) is 0.438. The summed E-state index contributed by atoms with van der Waals surface area (Å²) in [6, 6.07) is 5.69. The molecule has 1 atom stereocenters. The van der Waals surface area contributed by atoms with Gasteiger partial charge in [-0.25, -0.2) is 4.98 Å². The quantitative estimate of drug-likeness (QED) is 0.934. The van der Waals surface area contributed by atoms with Crippen molar-refractivity contribution in [3.8, 4) is 5.75 Å². The van der Waals surface area contributed by atoms with Crippen LogP contribution in [-0.2, 0) is 5.41 Å². The Morgan fingerprint density at radius 3 is 2.50 bits per heavy atom. The van der Waals surface area contributed by atoms with Crippen molar-refractivity contribution in [2.45, 2.75) is 39.2 Å². The second kappa shape index (κ2) is 5.54. The third kappa shape index (κ3) is 3.02. The van der Waals surface area contributed by atoms with E-state index < -0.39 is 6.10 Å². The lowest BCUT2D eigenvalue weighted by atomic mass is 9.98. The van der Waals surface area contributed by atoms with Crippen molar-refractivity contribution < 1.29 is 9.84 Å². The second-order valence-electron chi connectivity index (χ2n) is 5.95. The number of thiazole rings is 1. The number of aliphatic hydroxyl groups is 1. The minimum Gasteiger partial charge on any atom is -0.497 e. The van der Waals surface area contributed by atoms with Gasteiger partial charge in [-0.3, -0.25) is 0 Å². The monoisotopic (exact) mass is 291 g/mol. The van der Waals surface area contributed by atoms with E-state index in [9.17, 15) is 5.11 Å². The summed E-state index contributed by atoms with van der Waals surface area (Å²) in [5, 5.41) is 13.5. The van der Waals surface area contributed by atoms with Crippen LogP contribution < -0.4 is 4.74 Å². The predicted molar refractivity (Wildman–Crippen MR) is 82.6 cm³/mol. The van der Waals surface area contributed by atoms with Crippen LogP contribution in [0.5, 0.6) is 5.75 Å². The number of aliphatic hydroxyl groups excluding tert-OH is 1. The second-order valence-corrected chi connectivity index (χ2v) is 6.81. The molecule has 0 radical (unpaired) electrons. The molecule has 0 bridgehead atoms. The van der Waals surface area contributed by atoms with Crippen LogP contribution in [0.1, 0.15) is 48.7 Å². The van der Waals surface area contributed by atoms with Crippen LogP contribution in [0.25, 0.3) is 0 Å². The molecule has 0 aliphatic carbocycles. The Morgan fingerprint density at radius 1 is 1.30 bits per heavy atom. The third-order valence-corrected chi connectivity index (χ3v) is 4.50. The maximum absolute atomic E-state index is 10.5. The van der Waals surface area contributed by atoms with Crippen LogP contribution in [0.3, 0.4) is 0 Å². The average Bonchev–Trinajstić information content (AvgIpc) is 2.87. The lowest BCUT2D eigenvalue weighted by Gasteiger charge is -2.15. The van der Waals surface area contributed by atoms with Gasteiger partial charge in [-0.05, 0) is 30.2 Å². The van der Waals surface area contributed by atoms with Gasteiger partial charge in [0, 0.05) is 10.8 Å². The summed E-state index contributed by atoms with van der Waals surface area (Å²) in [6.45, 7) is 8.35. The van der Waals surface area contributed by atoms with Gasteiger partial charge in [0.05, 0.1) is 17.8 Å². The fourth-order valence-corrected chi connectivity index (χ4v) is 2.92. The summed E-state index contributed by atoms with van der Waals surface area (Å²) in [5.41, 5.74) is 2.60. The Kier molecular flexibility index (Phi) is 4.16. The first-order valence-electron chi connectivity index (χ1n) is 6.61. The van der Waals surface area contributed by atoms with Gasteiger partial charge in [0.2, 0.25) is 0 Å². The van der Waals surface area contributed by atoms with Gasteiger partial charge in [0.1, 0.15) is 11.9 Å². The zero-order chi connectivity index (χ0) is 14.9. The molecule has 1 aromatic carbocycles. The maximum Gasteiger partial charge on any atom is 0.122 e. The number of aryl methyl sites for hydroxylation is 1. The summed E-state index contributed by atoms with van der Waals surface area (Å²) in [6.07, 6.45) is -0.687. The van der Waals surface area contributed by atoms with Crippen molar-refractivity contribution in [2.24, 2.45) is 0 Å². The number of hydrogen-bond acceptors (Lipinski definition) is 4. The summed E-state index contributed by atoms with van der Waals surface area (Å²) >= 11 is 1.60. The normalized spacial score (nSPS) is 13.3. The molecule has 0 saturated carbocycles. The molecule has 0 amide bonds. The molecule has 0 aliphatic rings. The van der Waals surface area contributed by atoms with E-state index >= 15 is 0 Å². The molecule has 1 heterocycles. The van der Waals surface area contributed by atoms with E-state index in [1.54, 1.807) is 18.4 Å². The molecule has 0 aliphatic heterocycles. The van der Waals surface area contributed by atoms with Crippen molar-refractivity contribution in [1.82, 2.24) is 4.98 Å². The molecule has 0 saturated heterocycles. The van der Waals surface area contributed by atoms with Crippen molar-refractivity contribution in [3.05, 3.63) is 45.4 Å². The highest BCUT2D eigenvalue weighted by atomic mass is 32.1. The van der Waals surface area contributed by atoms with Crippen molar-refractivity contribution >= 4 is 11.3 Å². The number of ether oxygens (including phenoxy) is 1. The van der Waals surface area contributed by atoms with E-state index in [2.05, 4.69) is 25.8 Å². The zero-order valence-corrected chi connectivity index (χ0v) is 13.4. The van der Waals surface area contributed by atoms with Crippen molar-refractivity contribution in [2.75, 3.05) is 7.11 Å². The molecular weight excluding hydrogens is 270 g/mol. The van der Waals surface area contributed by atoms with Crippen LogP contribution in [-0.4, -0.2) is 17.2 Å². The van der Waals surface area contributed by atoms with Crippen LogP contribution >= 0.6 is 11.3 Å². The number of benzene rings is 1. The summed E-state index contributed by atoms with van der Waals surface area (Å²) in [4.78, 5) is 4.58. The summed E-state index contributed by atoms with van der Waals surface area (Å²) in [7, 11) is 1.64. The molecule has 3 nitrogen and oxygen atoms in total. The van der Waals surface area contributed by atoms with Crippen LogP contribution in [0.4, 0.5) is 0 Å². The lowest BCUT2D eigenvalue weighted by molar-refractivity contribution is 0.214. The Bertz CT molecular complexity index is 599. The van der Waals surface area contributed by atoms with Crippen molar-refractivity contribution in [3.63, 3.8) is 0 Å².